The maximum absolute atomic E-state index is 12.6. The van der Waals surface area contributed by atoms with Crippen LogP contribution in [0.4, 0.5) is 32.0 Å². The van der Waals surface area contributed by atoms with Crippen LogP contribution >= 0.6 is 0 Å². The number of hydrogen-bond acceptors (Lipinski definition) is 4. The second-order valence-corrected chi connectivity index (χ2v) is 6.82. The zero-order chi connectivity index (χ0) is 24.2. The van der Waals surface area contributed by atoms with Gasteiger partial charge in [0.2, 0.25) is 11.8 Å². The number of carbonyl (C=O) groups excluding carboxylic acids is 2. The standard InChI is InChI=1S/C19H16F6N6O2/c20-18(21,22)14-4-6-30(28-14)10-16(32)26-9-12-2-1-3-13(8-12)27-17(33)11-31-7-5-15(29-31)19(23,24)25/h1-8H,9-11H2,(H,26,32)(H,27,33). The van der Waals surface area contributed by atoms with Gasteiger partial charge in [-0.3, -0.25) is 19.0 Å². The molecule has 0 spiro atoms. The summed E-state index contributed by atoms with van der Waals surface area (Å²) >= 11 is 0. The molecule has 8 nitrogen and oxygen atoms in total. The molecule has 3 aromatic rings. The molecule has 2 N–H and O–H groups in total. The van der Waals surface area contributed by atoms with Gasteiger partial charge in [-0.25, -0.2) is 0 Å². The van der Waals surface area contributed by atoms with Gasteiger partial charge in [0, 0.05) is 24.6 Å². The fourth-order valence-electron chi connectivity index (χ4n) is 2.71. The average Bonchev–Trinajstić information content (AvgIpc) is 3.36. The van der Waals surface area contributed by atoms with Crippen molar-refractivity contribution in [2.24, 2.45) is 0 Å². The van der Waals surface area contributed by atoms with Gasteiger partial charge in [0.05, 0.1) is 0 Å². The molecule has 0 saturated heterocycles. The van der Waals surface area contributed by atoms with E-state index in [1.165, 1.54) is 12.1 Å². The van der Waals surface area contributed by atoms with Crippen molar-refractivity contribution in [2.45, 2.75) is 32.0 Å². The van der Waals surface area contributed by atoms with Crippen molar-refractivity contribution in [3.05, 3.63) is 65.7 Å². The van der Waals surface area contributed by atoms with Crippen molar-refractivity contribution >= 4 is 17.5 Å². The molecule has 0 unspecified atom stereocenters. The van der Waals surface area contributed by atoms with Crippen molar-refractivity contribution in [1.82, 2.24) is 24.9 Å². The summed E-state index contributed by atoms with van der Waals surface area (Å²) in [5.74, 6) is -1.20. The summed E-state index contributed by atoms with van der Waals surface area (Å²) in [4.78, 5) is 24.1. The molecule has 2 amide bonds. The zero-order valence-corrected chi connectivity index (χ0v) is 16.6. The number of benzene rings is 1. The maximum Gasteiger partial charge on any atom is 0.435 e. The Bertz CT molecular complexity index is 1130. The molecule has 3 rings (SSSR count). The van der Waals surface area contributed by atoms with Gasteiger partial charge in [0.1, 0.15) is 13.1 Å². The van der Waals surface area contributed by atoms with Crippen LogP contribution in [0, 0.1) is 0 Å². The molecular weight excluding hydrogens is 458 g/mol. The van der Waals surface area contributed by atoms with E-state index >= 15 is 0 Å². The fourth-order valence-corrected chi connectivity index (χ4v) is 2.71. The Hall–Kier alpha value is -3.84. The molecule has 0 aliphatic heterocycles. The molecule has 33 heavy (non-hydrogen) atoms. The number of rotatable bonds is 7. The van der Waals surface area contributed by atoms with Gasteiger partial charge in [0.15, 0.2) is 11.4 Å². The summed E-state index contributed by atoms with van der Waals surface area (Å²) in [5, 5.41) is 11.6. The molecular formula is C19H16F6N6O2. The Morgan fingerprint density at radius 2 is 1.36 bits per heavy atom. The molecule has 0 aliphatic rings. The van der Waals surface area contributed by atoms with Crippen LogP contribution in [0.5, 0.6) is 0 Å². The highest BCUT2D eigenvalue weighted by atomic mass is 19.4. The van der Waals surface area contributed by atoms with Crippen LogP contribution in [0.3, 0.4) is 0 Å². The van der Waals surface area contributed by atoms with Crippen LogP contribution in [0.15, 0.2) is 48.8 Å². The lowest BCUT2D eigenvalue weighted by Gasteiger charge is -2.09. The van der Waals surface area contributed by atoms with E-state index in [4.69, 9.17) is 0 Å². The summed E-state index contributed by atoms with van der Waals surface area (Å²) in [6.45, 7) is -0.846. The minimum atomic E-state index is -4.61. The van der Waals surface area contributed by atoms with Crippen LogP contribution in [0.25, 0.3) is 0 Å². The van der Waals surface area contributed by atoms with Crippen LogP contribution in [0.2, 0.25) is 0 Å². The Balaban J connectivity index is 1.51. The van der Waals surface area contributed by atoms with E-state index in [1.807, 2.05) is 0 Å². The van der Waals surface area contributed by atoms with E-state index in [-0.39, 0.29) is 6.54 Å². The molecule has 0 saturated carbocycles. The lowest BCUT2D eigenvalue weighted by atomic mass is 10.2. The normalized spacial score (nSPS) is 11.9. The first-order chi connectivity index (χ1) is 15.4. The average molecular weight is 474 g/mol. The summed E-state index contributed by atoms with van der Waals surface area (Å²) in [5.41, 5.74) is -1.32. The first-order valence-electron chi connectivity index (χ1n) is 9.27. The molecule has 2 heterocycles. The molecule has 1 aromatic carbocycles. The van der Waals surface area contributed by atoms with Gasteiger partial charge in [-0.2, -0.15) is 36.5 Å². The summed E-state index contributed by atoms with van der Waals surface area (Å²) in [7, 11) is 0. The molecule has 14 heteroatoms. The number of amides is 2. The summed E-state index contributed by atoms with van der Waals surface area (Å²) in [6.07, 6.45) is -7.15. The third-order valence-electron chi connectivity index (χ3n) is 4.17. The highest BCUT2D eigenvalue weighted by Crippen LogP contribution is 2.28. The first kappa shape index (κ1) is 23.8. The number of anilines is 1. The van der Waals surface area contributed by atoms with Gasteiger partial charge in [0.25, 0.3) is 0 Å². The fraction of sp³-hybridized carbons (Fsp3) is 0.263. The van der Waals surface area contributed by atoms with Crippen LogP contribution in [0.1, 0.15) is 17.0 Å². The summed E-state index contributed by atoms with van der Waals surface area (Å²) < 4.78 is 77.1. The Morgan fingerprint density at radius 3 is 1.88 bits per heavy atom. The van der Waals surface area contributed by atoms with E-state index in [1.54, 1.807) is 12.1 Å². The Labute approximate surface area is 182 Å². The van der Waals surface area contributed by atoms with Crippen molar-refractivity contribution in [1.29, 1.82) is 0 Å². The van der Waals surface area contributed by atoms with Crippen molar-refractivity contribution in [3.8, 4) is 0 Å². The molecule has 0 atom stereocenters. The maximum atomic E-state index is 12.6. The predicted octanol–water partition coefficient (Wildman–Crippen LogP) is 3.07. The molecule has 0 bridgehead atoms. The van der Waals surface area contributed by atoms with Crippen LogP contribution in [-0.4, -0.2) is 31.4 Å². The number of nitrogens with zero attached hydrogens (tertiary/aromatic N) is 4. The topological polar surface area (TPSA) is 93.8 Å². The highest BCUT2D eigenvalue weighted by Gasteiger charge is 2.34. The van der Waals surface area contributed by atoms with Crippen molar-refractivity contribution in [2.75, 3.05) is 5.32 Å². The molecule has 0 radical (unpaired) electrons. The lowest BCUT2D eigenvalue weighted by Crippen LogP contribution is -2.27. The van der Waals surface area contributed by atoms with Gasteiger partial charge >= 0.3 is 12.4 Å². The van der Waals surface area contributed by atoms with E-state index in [0.717, 1.165) is 33.9 Å². The SMILES string of the molecule is O=C(Cn1ccc(C(F)(F)F)n1)NCc1cccc(NC(=O)Cn2ccc(C(F)(F)F)n2)c1. The lowest BCUT2D eigenvalue weighted by molar-refractivity contribution is -0.142. The minimum Gasteiger partial charge on any atom is -0.350 e. The van der Waals surface area contributed by atoms with Gasteiger partial charge in [-0.05, 0) is 29.8 Å². The smallest absolute Gasteiger partial charge is 0.350 e. The van der Waals surface area contributed by atoms with Crippen LogP contribution < -0.4 is 10.6 Å². The molecule has 0 aliphatic carbocycles. The largest absolute Gasteiger partial charge is 0.435 e. The van der Waals surface area contributed by atoms with Gasteiger partial charge < -0.3 is 10.6 Å². The Morgan fingerprint density at radius 1 is 0.818 bits per heavy atom. The monoisotopic (exact) mass is 474 g/mol. The first-order valence-corrected chi connectivity index (χ1v) is 9.27. The minimum absolute atomic E-state index is 0.0179. The number of nitrogens with one attached hydrogen (secondary N) is 2. The quantitative estimate of drug-likeness (QED) is 0.515. The third-order valence-corrected chi connectivity index (χ3v) is 4.17. The van der Waals surface area contributed by atoms with Crippen molar-refractivity contribution in [3.63, 3.8) is 0 Å². The third kappa shape index (κ3) is 6.82. The van der Waals surface area contributed by atoms with E-state index in [0.29, 0.717) is 11.3 Å². The molecule has 176 valence electrons. The predicted molar refractivity (Wildman–Crippen MR) is 101 cm³/mol. The van der Waals surface area contributed by atoms with E-state index in [2.05, 4.69) is 20.8 Å². The van der Waals surface area contributed by atoms with Crippen LogP contribution in [-0.2, 0) is 41.6 Å². The zero-order valence-electron chi connectivity index (χ0n) is 16.6. The second-order valence-electron chi connectivity index (χ2n) is 6.82. The highest BCUT2D eigenvalue weighted by molar-refractivity contribution is 5.90. The van der Waals surface area contributed by atoms with Gasteiger partial charge in [-0.15, -0.1) is 0 Å². The number of alkyl halides is 6. The summed E-state index contributed by atoms with van der Waals surface area (Å²) in [6, 6.07) is 7.79. The number of carbonyl (C=O) groups is 2. The molecule has 0 fully saturated rings. The number of halogens is 6. The van der Waals surface area contributed by atoms with E-state index < -0.39 is 48.6 Å². The van der Waals surface area contributed by atoms with Gasteiger partial charge in [-0.1, -0.05) is 12.1 Å². The number of hydrogen-bond donors (Lipinski definition) is 2. The second kappa shape index (κ2) is 9.34. The number of aromatic nitrogens is 4. The Kier molecular flexibility index (Phi) is 6.74. The van der Waals surface area contributed by atoms with Crippen molar-refractivity contribution < 1.29 is 35.9 Å². The van der Waals surface area contributed by atoms with E-state index in [9.17, 15) is 35.9 Å². The molecule has 2 aromatic heterocycles.